The number of benzene rings is 1. The second-order valence-corrected chi connectivity index (χ2v) is 9.12. The first-order valence-corrected chi connectivity index (χ1v) is 13.0. The number of hydrogen-bond acceptors (Lipinski definition) is 7. The Morgan fingerprint density at radius 1 is 1.13 bits per heavy atom. The Hall–Kier alpha value is -3.70. The molecule has 0 saturated carbocycles. The molecule has 0 atom stereocenters. The summed E-state index contributed by atoms with van der Waals surface area (Å²) in [6.45, 7) is 9.02. The van der Waals surface area contributed by atoms with Crippen molar-refractivity contribution in [2.45, 2.75) is 40.3 Å². The van der Waals surface area contributed by atoms with Crippen LogP contribution in [-0.4, -0.2) is 83.0 Å². The molecule has 2 amide bonds. The van der Waals surface area contributed by atoms with Crippen molar-refractivity contribution in [3.63, 3.8) is 0 Å². The maximum Gasteiger partial charge on any atom is 0.420 e. The fourth-order valence-corrected chi connectivity index (χ4v) is 4.49. The lowest BCUT2D eigenvalue weighted by atomic mass is 10.1. The number of carbonyl (C=O) groups is 2. The van der Waals surface area contributed by atoms with Gasteiger partial charge in [-0.15, -0.1) is 0 Å². The second kappa shape index (κ2) is 12.7. The number of fused-ring (bicyclic) bond motifs is 1. The third kappa shape index (κ3) is 6.05. The van der Waals surface area contributed by atoms with Crippen LogP contribution in [0.5, 0.6) is 0 Å². The maximum absolute atomic E-state index is 13.4. The number of anilines is 1. The van der Waals surface area contributed by atoms with Crippen LogP contribution in [-0.2, 0) is 27.3 Å². The van der Waals surface area contributed by atoms with Gasteiger partial charge in [0.15, 0.2) is 11.6 Å². The van der Waals surface area contributed by atoms with E-state index in [4.69, 9.17) is 19.2 Å². The minimum atomic E-state index is -0.572. The van der Waals surface area contributed by atoms with Gasteiger partial charge in [-0.05, 0) is 25.8 Å². The van der Waals surface area contributed by atoms with Crippen LogP contribution in [0.4, 0.5) is 15.4 Å². The van der Waals surface area contributed by atoms with E-state index in [0.29, 0.717) is 55.7 Å². The Kier molecular flexibility index (Phi) is 9.14. The van der Waals surface area contributed by atoms with Crippen LogP contribution >= 0.6 is 0 Å². The Labute approximate surface area is 222 Å². The summed E-state index contributed by atoms with van der Waals surface area (Å²) in [5.41, 5.74) is 3.57. The smallest absolute Gasteiger partial charge is 0.420 e. The van der Waals surface area contributed by atoms with Crippen molar-refractivity contribution in [2.75, 3.05) is 51.5 Å². The van der Waals surface area contributed by atoms with E-state index in [-0.39, 0.29) is 25.8 Å². The number of carbonyl (C=O) groups excluding carboxylic acids is 2. The number of hydrogen-bond donors (Lipinski definition) is 0. The molecule has 11 heteroatoms. The quantitative estimate of drug-likeness (QED) is 0.331. The van der Waals surface area contributed by atoms with Gasteiger partial charge >= 0.3 is 12.1 Å². The third-order valence-electron chi connectivity index (χ3n) is 6.25. The van der Waals surface area contributed by atoms with E-state index in [9.17, 15) is 9.59 Å². The van der Waals surface area contributed by atoms with Crippen molar-refractivity contribution >= 4 is 17.9 Å². The second-order valence-electron chi connectivity index (χ2n) is 9.12. The van der Waals surface area contributed by atoms with Gasteiger partial charge < -0.3 is 19.1 Å². The largest absolute Gasteiger partial charge is 0.446 e. The van der Waals surface area contributed by atoms with Gasteiger partial charge in [0.05, 0.1) is 50.4 Å². The molecule has 0 saturated heterocycles. The number of aromatic nitrogens is 4. The van der Waals surface area contributed by atoms with Crippen LogP contribution in [0.2, 0.25) is 0 Å². The summed E-state index contributed by atoms with van der Waals surface area (Å²) in [6, 6.07) is 8.11. The number of urea groups is 1. The highest BCUT2D eigenvalue weighted by Crippen LogP contribution is 2.33. The summed E-state index contributed by atoms with van der Waals surface area (Å²) < 4.78 is 19.3. The summed E-state index contributed by atoms with van der Waals surface area (Å²) in [6.07, 6.45) is 3.77. The van der Waals surface area contributed by atoms with Crippen LogP contribution in [0.3, 0.4) is 0 Å². The molecule has 1 aliphatic heterocycles. The number of ether oxygens (including phenoxy) is 3. The zero-order valence-electron chi connectivity index (χ0n) is 22.6. The van der Waals surface area contributed by atoms with E-state index >= 15 is 0 Å². The molecule has 11 nitrogen and oxygen atoms in total. The normalized spacial score (nSPS) is 13.2. The molecule has 1 aromatic carbocycles. The molecule has 0 bridgehead atoms. The molecule has 3 heterocycles. The van der Waals surface area contributed by atoms with Crippen molar-refractivity contribution in [3.8, 4) is 11.4 Å². The van der Waals surface area contributed by atoms with Gasteiger partial charge in [0.25, 0.3) is 0 Å². The fraction of sp³-hybridized carbons (Fsp3) is 0.481. The molecule has 204 valence electrons. The monoisotopic (exact) mass is 524 g/mol. The molecular weight excluding hydrogens is 488 g/mol. The molecule has 0 fully saturated rings. The highest BCUT2D eigenvalue weighted by molar-refractivity contribution is 5.95. The van der Waals surface area contributed by atoms with Crippen molar-refractivity contribution in [3.05, 3.63) is 53.5 Å². The van der Waals surface area contributed by atoms with Gasteiger partial charge in [0, 0.05) is 26.4 Å². The number of rotatable bonds is 12. The zero-order chi connectivity index (χ0) is 27.1. The first-order chi connectivity index (χ1) is 18.5. The number of amides is 2. The standard InChI is InChI=1S/C27H36N6O5/c1-5-10-30-19-23-25(32(6-2)26(30)34)29-24(33(23)27(35)38-14-13-37-12-11-36-4)22-16-28-31(18-22)17-21-9-7-8-20(3)15-21/h7-9,15-16,18H,5-6,10-14,17,19H2,1-4H3. The molecule has 0 radical (unpaired) electrons. The van der Waals surface area contributed by atoms with E-state index in [1.807, 2.05) is 36.9 Å². The van der Waals surface area contributed by atoms with Crippen LogP contribution < -0.4 is 4.90 Å². The molecule has 38 heavy (non-hydrogen) atoms. The van der Waals surface area contributed by atoms with Crippen LogP contribution in [0.15, 0.2) is 36.7 Å². The van der Waals surface area contributed by atoms with Gasteiger partial charge in [-0.3, -0.25) is 9.58 Å². The maximum atomic E-state index is 13.4. The Morgan fingerprint density at radius 3 is 2.68 bits per heavy atom. The van der Waals surface area contributed by atoms with Crippen LogP contribution in [0.25, 0.3) is 11.4 Å². The summed E-state index contributed by atoms with van der Waals surface area (Å²) in [5, 5.41) is 4.52. The van der Waals surface area contributed by atoms with E-state index in [2.05, 4.69) is 24.2 Å². The van der Waals surface area contributed by atoms with Crippen molar-refractivity contribution < 1.29 is 23.8 Å². The van der Waals surface area contributed by atoms with E-state index in [0.717, 1.165) is 12.0 Å². The predicted octanol–water partition coefficient (Wildman–Crippen LogP) is 3.92. The van der Waals surface area contributed by atoms with Crippen molar-refractivity contribution in [1.82, 2.24) is 24.2 Å². The molecule has 0 aliphatic carbocycles. The highest BCUT2D eigenvalue weighted by atomic mass is 16.6. The number of imidazole rings is 1. The zero-order valence-corrected chi connectivity index (χ0v) is 22.6. The molecule has 0 N–H and O–H groups in total. The first kappa shape index (κ1) is 27.3. The first-order valence-electron chi connectivity index (χ1n) is 13.0. The Balaban J connectivity index is 1.66. The van der Waals surface area contributed by atoms with Crippen molar-refractivity contribution in [2.24, 2.45) is 0 Å². The number of aryl methyl sites for hydroxylation is 1. The average molecular weight is 525 g/mol. The molecule has 3 aromatic rings. The Bertz CT molecular complexity index is 1250. The van der Waals surface area contributed by atoms with Gasteiger partial charge in [-0.2, -0.15) is 5.10 Å². The van der Waals surface area contributed by atoms with Crippen molar-refractivity contribution in [1.29, 1.82) is 0 Å². The predicted molar refractivity (Wildman–Crippen MR) is 142 cm³/mol. The summed E-state index contributed by atoms with van der Waals surface area (Å²) >= 11 is 0. The fourth-order valence-electron chi connectivity index (χ4n) is 4.49. The molecule has 2 aromatic heterocycles. The van der Waals surface area contributed by atoms with Crippen LogP contribution in [0, 0.1) is 6.92 Å². The highest BCUT2D eigenvalue weighted by Gasteiger charge is 2.36. The third-order valence-corrected chi connectivity index (χ3v) is 6.25. The molecular formula is C27H36N6O5. The topological polar surface area (TPSA) is 104 Å². The molecule has 0 unspecified atom stereocenters. The lowest BCUT2D eigenvalue weighted by Gasteiger charge is -2.34. The van der Waals surface area contributed by atoms with Gasteiger partial charge in [-0.1, -0.05) is 36.8 Å². The molecule has 1 aliphatic rings. The number of methoxy groups -OCH3 is 1. The van der Waals surface area contributed by atoms with Gasteiger partial charge in [0.1, 0.15) is 6.61 Å². The minimum Gasteiger partial charge on any atom is -0.446 e. The SMILES string of the molecule is CCCN1Cc2c(nc(-c3cnn(Cc4cccc(C)c4)c3)n2C(=O)OCCOCCOC)N(CC)C1=O. The van der Waals surface area contributed by atoms with E-state index in [1.54, 1.807) is 23.1 Å². The average Bonchev–Trinajstić information content (AvgIpc) is 3.51. The minimum absolute atomic E-state index is 0.0800. The van der Waals surface area contributed by atoms with E-state index < -0.39 is 6.09 Å². The molecule has 0 spiro atoms. The summed E-state index contributed by atoms with van der Waals surface area (Å²) in [5.74, 6) is 0.861. The van der Waals surface area contributed by atoms with E-state index in [1.165, 1.54) is 10.1 Å². The molecule has 4 rings (SSSR count). The summed E-state index contributed by atoms with van der Waals surface area (Å²) in [4.78, 5) is 34.6. The van der Waals surface area contributed by atoms with Gasteiger partial charge in [0.2, 0.25) is 0 Å². The van der Waals surface area contributed by atoms with Gasteiger partial charge in [-0.25, -0.2) is 19.1 Å². The lowest BCUT2D eigenvalue weighted by molar-refractivity contribution is 0.0423. The van der Waals surface area contributed by atoms with Crippen LogP contribution in [0.1, 0.15) is 37.1 Å². The summed E-state index contributed by atoms with van der Waals surface area (Å²) in [7, 11) is 1.60. The lowest BCUT2D eigenvalue weighted by Crippen LogP contribution is -2.48. The Morgan fingerprint density at radius 2 is 1.95 bits per heavy atom. The number of nitrogens with zero attached hydrogens (tertiary/aromatic N) is 6.